The Bertz CT molecular complexity index is 967. The second-order valence-corrected chi connectivity index (χ2v) is 7.76. The highest BCUT2D eigenvalue weighted by Gasteiger charge is 2.21. The molecular weight excluding hydrogens is 382 g/mol. The molecule has 0 saturated carbocycles. The van der Waals surface area contributed by atoms with E-state index in [0.29, 0.717) is 22.6 Å². The fourth-order valence-electron chi connectivity index (χ4n) is 3.48. The van der Waals surface area contributed by atoms with Gasteiger partial charge < -0.3 is 24.4 Å². The highest BCUT2D eigenvalue weighted by molar-refractivity contribution is 7.98. The van der Waals surface area contributed by atoms with Crippen molar-refractivity contribution in [1.82, 2.24) is 5.32 Å². The Labute approximate surface area is 166 Å². The summed E-state index contributed by atoms with van der Waals surface area (Å²) >= 11 is 1.49. The Hall–Kier alpha value is -2.48. The topological polar surface area (TPSA) is 109 Å². The molecule has 1 aromatic heterocycles. The molecule has 1 aliphatic carbocycles. The zero-order chi connectivity index (χ0) is 20.3. The maximum atomic E-state index is 12.2. The van der Waals surface area contributed by atoms with Crippen molar-refractivity contribution >= 4 is 34.6 Å². The SMILES string of the molecule is CSCC[C@H](NC(=O)COc1ccc2c3c(c(=O)oc2c1C)CCC3)C(=O)[O-]. The summed E-state index contributed by atoms with van der Waals surface area (Å²) in [6, 6.07) is 2.53. The second kappa shape index (κ2) is 8.68. The van der Waals surface area contributed by atoms with E-state index in [2.05, 4.69) is 5.32 Å². The lowest BCUT2D eigenvalue weighted by atomic mass is 10.0. The Kier molecular flexibility index (Phi) is 6.28. The van der Waals surface area contributed by atoms with Crippen LogP contribution in [0.25, 0.3) is 11.0 Å². The number of amides is 1. The summed E-state index contributed by atoms with van der Waals surface area (Å²) in [4.78, 5) is 35.4. The summed E-state index contributed by atoms with van der Waals surface area (Å²) in [5.41, 5.74) is 2.57. The van der Waals surface area contributed by atoms with Gasteiger partial charge in [-0.05, 0) is 62.3 Å². The predicted molar refractivity (Wildman–Crippen MR) is 105 cm³/mol. The average Bonchev–Trinajstić information content (AvgIpc) is 3.16. The molecule has 0 radical (unpaired) electrons. The number of aryl methyl sites for hydroxylation is 2. The third-order valence-electron chi connectivity index (χ3n) is 4.93. The van der Waals surface area contributed by atoms with Crippen molar-refractivity contribution in [3.8, 4) is 5.75 Å². The number of fused-ring (bicyclic) bond motifs is 3. The second-order valence-electron chi connectivity index (χ2n) is 6.77. The van der Waals surface area contributed by atoms with Crippen molar-refractivity contribution in [2.45, 2.75) is 38.6 Å². The molecule has 0 bridgehead atoms. The fraction of sp³-hybridized carbons (Fsp3) is 0.450. The van der Waals surface area contributed by atoms with E-state index in [1.807, 2.05) is 12.3 Å². The standard InChI is InChI=1S/C20H23NO6S/c1-11-16(26-10-17(22)21-15(19(23)24)8-9-28-2)7-6-13-12-4-3-5-14(12)20(25)27-18(11)13/h6-7,15H,3-5,8-10H2,1-2H3,(H,21,22)(H,23,24)/p-1/t15-/m0/s1. The van der Waals surface area contributed by atoms with E-state index in [1.54, 1.807) is 13.0 Å². The molecule has 0 spiro atoms. The average molecular weight is 404 g/mol. The van der Waals surface area contributed by atoms with E-state index in [1.165, 1.54) is 11.8 Å². The third-order valence-corrected chi connectivity index (χ3v) is 5.57. The summed E-state index contributed by atoms with van der Waals surface area (Å²) in [6.45, 7) is 1.42. The molecule has 0 saturated heterocycles. The largest absolute Gasteiger partial charge is 0.548 e. The molecule has 8 heteroatoms. The molecule has 150 valence electrons. The number of aliphatic carboxylic acids is 1. The van der Waals surface area contributed by atoms with Crippen molar-refractivity contribution in [2.24, 2.45) is 0 Å². The molecule has 1 atom stereocenters. The number of carboxylic acid groups (broad SMARTS) is 1. The molecule has 1 heterocycles. The van der Waals surface area contributed by atoms with Gasteiger partial charge in [0.05, 0.1) is 12.0 Å². The first-order chi connectivity index (χ1) is 13.4. The van der Waals surface area contributed by atoms with Gasteiger partial charge in [-0.3, -0.25) is 4.79 Å². The van der Waals surface area contributed by atoms with Gasteiger partial charge in [0.25, 0.3) is 5.91 Å². The van der Waals surface area contributed by atoms with Crippen molar-refractivity contribution in [1.29, 1.82) is 0 Å². The molecule has 0 aliphatic heterocycles. The van der Waals surface area contributed by atoms with E-state index >= 15 is 0 Å². The van der Waals surface area contributed by atoms with Crippen LogP contribution >= 0.6 is 11.8 Å². The number of ether oxygens (including phenoxy) is 1. The predicted octanol–water partition coefficient (Wildman–Crippen LogP) is 0.957. The molecule has 28 heavy (non-hydrogen) atoms. The Morgan fingerprint density at radius 1 is 1.32 bits per heavy atom. The normalized spacial score (nSPS) is 13.9. The van der Waals surface area contributed by atoms with Crippen LogP contribution in [0.15, 0.2) is 21.3 Å². The van der Waals surface area contributed by atoms with Crippen LogP contribution in [0.2, 0.25) is 0 Å². The first kappa shape index (κ1) is 20.3. The first-order valence-electron chi connectivity index (χ1n) is 9.12. The third kappa shape index (κ3) is 4.16. The lowest BCUT2D eigenvalue weighted by molar-refractivity contribution is -0.308. The number of rotatable bonds is 8. The van der Waals surface area contributed by atoms with Crippen LogP contribution in [0.5, 0.6) is 5.75 Å². The van der Waals surface area contributed by atoms with Gasteiger partial charge in [-0.15, -0.1) is 0 Å². The summed E-state index contributed by atoms with van der Waals surface area (Å²) in [7, 11) is 0. The number of carbonyl (C=O) groups is 2. The van der Waals surface area contributed by atoms with Gasteiger partial charge in [-0.25, -0.2) is 4.79 Å². The Morgan fingerprint density at radius 2 is 2.07 bits per heavy atom. The Balaban J connectivity index is 1.73. The molecule has 1 aliphatic rings. The lowest BCUT2D eigenvalue weighted by Crippen LogP contribution is -2.49. The summed E-state index contributed by atoms with van der Waals surface area (Å²) < 4.78 is 11.1. The van der Waals surface area contributed by atoms with Crippen LogP contribution in [0.3, 0.4) is 0 Å². The van der Waals surface area contributed by atoms with Crippen LogP contribution in [0.4, 0.5) is 0 Å². The smallest absolute Gasteiger partial charge is 0.339 e. The van der Waals surface area contributed by atoms with Crippen molar-refractivity contribution in [3.05, 3.63) is 39.2 Å². The number of thioether (sulfide) groups is 1. The van der Waals surface area contributed by atoms with Crippen LogP contribution in [0.1, 0.15) is 29.5 Å². The summed E-state index contributed by atoms with van der Waals surface area (Å²) in [6.07, 6.45) is 4.65. The number of carbonyl (C=O) groups excluding carboxylic acids is 2. The molecule has 0 fully saturated rings. The molecular formula is C20H22NO6S-. The minimum Gasteiger partial charge on any atom is -0.548 e. The quantitative estimate of drug-likeness (QED) is 0.653. The minimum atomic E-state index is -1.32. The van der Waals surface area contributed by atoms with Crippen molar-refractivity contribution < 1.29 is 23.8 Å². The molecule has 1 aromatic carbocycles. The molecule has 3 rings (SSSR count). The number of nitrogens with one attached hydrogen (secondary N) is 1. The highest BCUT2D eigenvalue weighted by Crippen LogP contribution is 2.32. The number of benzene rings is 1. The van der Waals surface area contributed by atoms with Gasteiger partial charge >= 0.3 is 5.63 Å². The van der Waals surface area contributed by atoms with Gasteiger partial charge in [0.1, 0.15) is 11.3 Å². The maximum Gasteiger partial charge on any atom is 0.339 e. The van der Waals surface area contributed by atoms with Gasteiger partial charge in [-0.1, -0.05) is 0 Å². The van der Waals surface area contributed by atoms with E-state index in [-0.39, 0.29) is 18.7 Å². The summed E-state index contributed by atoms with van der Waals surface area (Å²) in [5.74, 6) is -0.865. The van der Waals surface area contributed by atoms with Crippen molar-refractivity contribution in [3.63, 3.8) is 0 Å². The first-order valence-corrected chi connectivity index (χ1v) is 10.5. The van der Waals surface area contributed by atoms with Gasteiger partial charge in [0.15, 0.2) is 6.61 Å². The molecule has 0 unspecified atom stereocenters. The van der Waals surface area contributed by atoms with Gasteiger partial charge in [0.2, 0.25) is 0 Å². The highest BCUT2D eigenvalue weighted by atomic mass is 32.2. The van der Waals surface area contributed by atoms with Crippen LogP contribution in [-0.2, 0) is 22.4 Å². The number of carboxylic acids is 1. The van der Waals surface area contributed by atoms with Gasteiger partial charge in [0, 0.05) is 16.5 Å². The molecule has 2 aromatic rings. The zero-order valence-corrected chi connectivity index (χ0v) is 16.6. The van der Waals surface area contributed by atoms with Gasteiger partial charge in [-0.2, -0.15) is 11.8 Å². The lowest BCUT2D eigenvalue weighted by Gasteiger charge is -2.19. The van der Waals surface area contributed by atoms with Crippen molar-refractivity contribution in [2.75, 3.05) is 18.6 Å². The van der Waals surface area contributed by atoms with E-state index < -0.39 is 17.9 Å². The Morgan fingerprint density at radius 3 is 2.79 bits per heavy atom. The van der Waals surface area contributed by atoms with Crippen LogP contribution in [0, 0.1) is 6.92 Å². The monoisotopic (exact) mass is 404 g/mol. The molecule has 1 N–H and O–H groups in total. The van der Waals surface area contributed by atoms with E-state index in [9.17, 15) is 19.5 Å². The maximum absolute atomic E-state index is 12.2. The zero-order valence-electron chi connectivity index (χ0n) is 15.8. The van der Waals surface area contributed by atoms with E-state index in [0.717, 1.165) is 35.8 Å². The molecule has 7 nitrogen and oxygen atoms in total. The number of hydrogen-bond acceptors (Lipinski definition) is 7. The molecule has 1 amide bonds. The van der Waals surface area contributed by atoms with E-state index in [4.69, 9.17) is 9.15 Å². The fourth-order valence-corrected chi connectivity index (χ4v) is 3.95. The minimum absolute atomic E-state index is 0.278. The van der Waals surface area contributed by atoms with Crippen LogP contribution in [-0.4, -0.2) is 36.5 Å². The number of hydrogen-bond donors (Lipinski definition) is 1. The van der Waals surface area contributed by atoms with Crippen LogP contribution < -0.4 is 20.8 Å². The summed E-state index contributed by atoms with van der Waals surface area (Å²) in [5, 5.41) is 14.4.